The van der Waals surface area contributed by atoms with Crippen molar-refractivity contribution in [1.82, 2.24) is 0 Å². The van der Waals surface area contributed by atoms with E-state index in [1.165, 1.54) is 24.1 Å². The van der Waals surface area contributed by atoms with E-state index in [-0.39, 0.29) is 22.7 Å². The highest BCUT2D eigenvalue weighted by Gasteiger charge is 2.21. The van der Waals surface area contributed by atoms with Gasteiger partial charge in [0.2, 0.25) is 0 Å². The number of nitrogens with one attached hydrogen (secondary N) is 2. The Morgan fingerprint density at radius 2 is 1.82 bits per heavy atom. The Balaban J connectivity index is 1.73. The number of amides is 1. The fourth-order valence-corrected chi connectivity index (χ4v) is 4.29. The Hall–Kier alpha value is -3.37. The van der Waals surface area contributed by atoms with Gasteiger partial charge < -0.3 is 19.5 Å². The lowest BCUT2D eigenvalue weighted by molar-refractivity contribution is -0.119. The summed E-state index contributed by atoms with van der Waals surface area (Å²) in [6, 6.07) is 14.2. The van der Waals surface area contributed by atoms with Crippen molar-refractivity contribution in [2.45, 2.75) is 6.92 Å². The van der Waals surface area contributed by atoms with Crippen LogP contribution in [-0.4, -0.2) is 37.3 Å². The zero-order valence-electron chi connectivity index (χ0n) is 17.8. The summed E-state index contributed by atoms with van der Waals surface area (Å²) >= 11 is 2.40. The number of hydrogen-bond donors (Lipinski definition) is 2. The first-order chi connectivity index (χ1) is 15.9. The molecule has 0 aliphatic rings. The standard InChI is InChI=1S/C23H21FN2O5S2/c1-3-30-23(29)17-12-19(16-9-4-5-10-18(16)24)33-21(17)25-20(27)13-31-22(28)14-7-6-8-15(11-14)26-32-2/h4-12,26H,3,13H2,1-2H3,(H,25,27). The highest BCUT2D eigenvalue weighted by atomic mass is 32.2. The number of anilines is 2. The van der Waals surface area contributed by atoms with Gasteiger partial charge in [0.25, 0.3) is 5.91 Å². The fourth-order valence-electron chi connectivity index (χ4n) is 2.84. The van der Waals surface area contributed by atoms with Crippen LogP contribution in [0.3, 0.4) is 0 Å². The smallest absolute Gasteiger partial charge is 0.341 e. The van der Waals surface area contributed by atoms with Crippen molar-refractivity contribution in [3.63, 3.8) is 0 Å². The molecule has 1 aromatic heterocycles. The van der Waals surface area contributed by atoms with E-state index in [1.807, 2.05) is 6.26 Å². The molecule has 33 heavy (non-hydrogen) atoms. The minimum absolute atomic E-state index is 0.0932. The van der Waals surface area contributed by atoms with E-state index in [9.17, 15) is 18.8 Å². The van der Waals surface area contributed by atoms with E-state index in [4.69, 9.17) is 9.47 Å². The first-order valence-electron chi connectivity index (χ1n) is 9.84. The summed E-state index contributed by atoms with van der Waals surface area (Å²) in [5.41, 5.74) is 1.39. The predicted molar refractivity (Wildman–Crippen MR) is 128 cm³/mol. The van der Waals surface area contributed by atoms with E-state index in [2.05, 4.69) is 10.0 Å². The van der Waals surface area contributed by atoms with Crippen molar-refractivity contribution in [2.24, 2.45) is 0 Å². The summed E-state index contributed by atoms with van der Waals surface area (Å²) in [5, 5.41) is 2.74. The van der Waals surface area contributed by atoms with Gasteiger partial charge >= 0.3 is 11.9 Å². The van der Waals surface area contributed by atoms with Gasteiger partial charge in [-0.05, 0) is 37.3 Å². The van der Waals surface area contributed by atoms with Gasteiger partial charge in [0, 0.05) is 22.4 Å². The fraction of sp³-hybridized carbons (Fsp3) is 0.174. The summed E-state index contributed by atoms with van der Waals surface area (Å²) in [4.78, 5) is 37.5. The van der Waals surface area contributed by atoms with Gasteiger partial charge in [0.15, 0.2) is 6.61 Å². The Morgan fingerprint density at radius 1 is 1.03 bits per heavy atom. The molecule has 10 heteroatoms. The van der Waals surface area contributed by atoms with Crippen LogP contribution in [0.2, 0.25) is 0 Å². The summed E-state index contributed by atoms with van der Waals surface area (Å²) < 4.78 is 27.4. The Labute approximate surface area is 198 Å². The van der Waals surface area contributed by atoms with Gasteiger partial charge in [-0.3, -0.25) is 4.79 Å². The number of rotatable bonds is 9. The van der Waals surface area contributed by atoms with Gasteiger partial charge in [-0.1, -0.05) is 36.2 Å². The number of esters is 2. The molecule has 0 fully saturated rings. The summed E-state index contributed by atoms with van der Waals surface area (Å²) in [6.45, 7) is 1.23. The van der Waals surface area contributed by atoms with Gasteiger partial charge in [0.05, 0.1) is 17.7 Å². The van der Waals surface area contributed by atoms with Crippen molar-refractivity contribution < 1.29 is 28.2 Å². The quantitative estimate of drug-likeness (QED) is 0.315. The number of hydrogen-bond acceptors (Lipinski definition) is 8. The SMILES string of the molecule is CCOC(=O)c1cc(-c2ccccc2F)sc1NC(=O)COC(=O)c1cccc(NSC)c1. The molecule has 3 rings (SSSR count). The molecule has 172 valence electrons. The molecule has 0 saturated carbocycles. The largest absolute Gasteiger partial charge is 0.462 e. The van der Waals surface area contributed by atoms with Crippen LogP contribution >= 0.6 is 23.3 Å². The third kappa shape index (κ3) is 6.33. The Morgan fingerprint density at radius 3 is 2.55 bits per heavy atom. The van der Waals surface area contributed by atoms with Crippen LogP contribution < -0.4 is 10.0 Å². The molecular weight excluding hydrogens is 467 g/mol. The molecule has 1 amide bonds. The van der Waals surface area contributed by atoms with Crippen LogP contribution in [0.5, 0.6) is 0 Å². The number of benzene rings is 2. The molecule has 3 aromatic rings. The maximum Gasteiger partial charge on any atom is 0.341 e. The minimum Gasteiger partial charge on any atom is -0.462 e. The van der Waals surface area contributed by atoms with Crippen molar-refractivity contribution in [3.05, 3.63) is 71.5 Å². The molecular formula is C23H21FN2O5S2. The maximum absolute atomic E-state index is 14.2. The second-order valence-electron chi connectivity index (χ2n) is 6.57. The third-order valence-corrected chi connectivity index (χ3v) is 5.80. The summed E-state index contributed by atoms with van der Waals surface area (Å²) in [5.74, 6) is -2.42. The number of halogens is 1. The molecule has 0 atom stereocenters. The zero-order chi connectivity index (χ0) is 23.8. The third-order valence-electron chi connectivity index (χ3n) is 4.27. The van der Waals surface area contributed by atoms with E-state index < -0.39 is 30.3 Å². The van der Waals surface area contributed by atoms with Gasteiger partial charge in [-0.15, -0.1) is 11.3 Å². The van der Waals surface area contributed by atoms with Crippen LogP contribution in [0.25, 0.3) is 10.4 Å². The number of ether oxygens (including phenoxy) is 2. The number of thiophene rings is 1. The maximum atomic E-state index is 14.2. The monoisotopic (exact) mass is 488 g/mol. The lowest BCUT2D eigenvalue weighted by Crippen LogP contribution is -2.21. The molecule has 0 aliphatic heterocycles. The molecule has 2 aromatic carbocycles. The van der Waals surface area contributed by atoms with Gasteiger partial charge in [0.1, 0.15) is 10.8 Å². The van der Waals surface area contributed by atoms with Crippen LogP contribution in [0.4, 0.5) is 15.1 Å². The molecule has 7 nitrogen and oxygen atoms in total. The molecule has 0 unspecified atom stereocenters. The van der Waals surface area contributed by atoms with Crippen LogP contribution in [0.1, 0.15) is 27.6 Å². The van der Waals surface area contributed by atoms with Crippen molar-refractivity contribution in [2.75, 3.05) is 29.5 Å². The van der Waals surface area contributed by atoms with E-state index in [1.54, 1.807) is 49.4 Å². The average Bonchev–Trinajstić information content (AvgIpc) is 3.22. The zero-order valence-corrected chi connectivity index (χ0v) is 19.5. The second-order valence-corrected chi connectivity index (χ2v) is 8.23. The Kier molecular flexibility index (Phi) is 8.45. The highest BCUT2D eigenvalue weighted by Crippen LogP contribution is 2.37. The highest BCUT2D eigenvalue weighted by molar-refractivity contribution is 7.99. The molecule has 0 spiro atoms. The molecule has 0 saturated heterocycles. The number of carbonyl (C=O) groups is 3. The van der Waals surface area contributed by atoms with Crippen molar-refractivity contribution >= 4 is 51.8 Å². The normalized spacial score (nSPS) is 10.4. The molecule has 1 heterocycles. The Bertz CT molecular complexity index is 1170. The molecule has 0 aliphatic carbocycles. The average molecular weight is 489 g/mol. The second kappa shape index (κ2) is 11.5. The summed E-state index contributed by atoms with van der Waals surface area (Å²) in [7, 11) is 0. The van der Waals surface area contributed by atoms with E-state index in [0.29, 0.717) is 10.4 Å². The van der Waals surface area contributed by atoms with Crippen LogP contribution in [-0.2, 0) is 14.3 Å². The number of carbonyl (C=O) groups excluding carboxylic acids is 3. The van der Waals surface area contributed by atoms with Crippen molar-refractivity contribution in [3.8, 4) is 10.4 Å². The topological polar surface area (TPSA) is 93.7 Å². The summed E-state index contributed by atoms with van der Waals surface area (Å²) in [6.07, 6.45) is 1.85. The van der Waals surface area contributed by atoms with Crippen molar-refractivity contribution in [1.29, 1.82) is 0 Å². The van der Waals surface area contributed by atoms with Crippen LogP contribution in [0, 0.1) is 5.82 Å². The van der Waals surface area contributed by atoms with Gasteiger partial charge in [-0.25, -0.2) is 14.0 Å². The molecule has 2 N–H and O–H groups in total. The predicted octanol–water partition coefficient (Wildman–Crippen LogP) is 5.22. The lowest BCUT2D eigenvalue weighted by Gasteiger charge is -2.08. The van der Waals surface area contributed by atoms with Crippen LogP contribution in [0.15, 0.2) is 54.6 Å². The van der Waals surface area contributed by atoms with Gasteiger partial charge in [-0.2, -0.15) is 0 Å². The molecule has 0 bridgehead atoms. The first kappa shape index (κ1) is 24.3. The van der Waals surface area contributed by atoms with E-state index in [0.717, 1.165) is 17.0 Å². The lowest BCUT2D eigenvalue weighted by atomic mass is 10.1. The minimum atomic E-state index is -0.668. The van der Waals surface area contributed by atoms with E-state index >= 15 is 0 Å². The molecule has 0 radical (unpaired) electrons. The first-order valence-corrected chi connectivity index (χ1v) is 11.9.